The van der Waals surface area contributed by atoms with Gasteiger partial charge in [-0.15, -0.1) is 0 Å². The molecule has 0 N–H and O–H groups in total. The van der Waals surface area contributed by atoms with Crippen LogP contribution in [0, 0.1) is 11.3 Å². The Labute approximate surface area is 141 Å². The maximum absolute atomic E-state index is 12.3. The first kappa shape index (κ1) is 17.8. The molecular weight excluding hydrogens is 308 g/mol. The molecule has 128 valence electrons. The highest BCUT2D eigenvalue weighted by molar-refractivity contribution is 5.98. The van der Waals surface area contributed by atoms with Gasteiger partial charge < -0.3 is 14.1 Å². The first-order valence-electron chi connectivity index (χ1n) is 8.27. The molecule has 0 bridgehead atoms. The Bertz CT molecular complexity index is 622. The van der Waals surface area contributed by atoms with Crippen molar-refractivity contribution in [2.24, 2.45) is 0 Å². The van der Waals surface area contributed by atoms with Gasteiger partial charge in [0, 0.05) is 18.7 Å². The summed E-state index contributed by atoms with van der Waals surface area (Å²) in [4.78, 5) is 26.1. The van der Waals surface area contributed by atoms with Crippen molar-refractivity contribution in [2.75, 3.05) is 13.2 Å². The van der Waals surface area contributed by atoms with Gasteiger partial charge in [-0.3, -0.25) is 4.79 Å². The molecule has 2 rings (SSSR count). The van der Waals surface area contributed by atoms with Crippen molar-refractivity contribution < 1.29 is 18.7 Å². The highest BCUT2D eigenvalue weighted by atomic mass is 16.5. The third-order valence-corrected chi connectivity index (χ3v) is 4.17. The Balaban J connectivity index is 1.91. The average molecular weight is 330 g/mol. The van der Waals surface area contributed by atoms with Crippen LogP contribution in [-0.2, 0) is 14.3 Å². The molecule has 1 amide bonds. The zero-order chi connectivity index (χ0) is 17.4. The number of esters is 1. The normalized spacial score (nSPS) is 15.6. The van der Waals surface area contributed by atoms with Gasteiger partial charge in [0.25, 0.3) is 5.91 Å². The minimum absolute atomic E-state index is 0.196. The van der Waals surface area contributed by atoms with Gasteiger partial charge in [0.15, 0.2) is 6.61 Å². The minimum Gasteiger partial charge on any atom is -0.465 e. The molecule has 0 saturated heterocycles. The Morgan fingerprint density at radius 3 is 2.75 bits per heavy atom. The fourth-order valence-electron chi connectivity index (χ4n) is 2.97. The Kier molecular flexibility index (Phi) is 6.62. The molecule has 0 unspecified atom stereocenters. The Morgan fingerprint density at radius 2 is 2.17 bits per heavy atom. The van der Waals surface area contributed by atoms with Gasteiger partial charge in [-0.2, -0.15) is 5.26 Å². The van der Waals surface area contributed by atoms with E-state index in [2.05, 4.69) is 0 Å². The number of carbonyl (C=O) groups excluding carboxylic acids is 2. The van der Waals surface area contributed by atoms with Crippen molar-refractivity contribution in [2.45, 2.75) is 45.1 Å². The lowest BCUT2D eigenvalue weighted by Gasteiger charge is -2.33. The van der Waals surface area contributed by atoms with Crippen molar-refractivity contribution in [3.8, 4) is 6.07 Å². The summed E-state index contributed by atoms with van der Waals surface area (Å²) in [7, 11) is 0. The Hall–Kier alpha value is -2.55. The largest absolute Gasteiger partial charge is 0.465 e. The summed E-state index contributed by atoms with van der Waals surface area (Å²) in [5.74, 6) is -0.651. The summed E-state index contributed by atoms with van der Waals surface area (Å²) in [6.45, 7) is 2.17. The van der Waals surface area contributed by atoms with Crippen molar-refractivity contribution in [3.63, 3.8) is 0 Å². The van der Waals surface area contributed by atoms with E-state index in [-0.39, 0.29) is 24.1 Å². The van der Waals surface area contributed by atoms with Crippen LogP contribution in [0.5, 0.6) is 0 Å². The molecule has 1 heterocycles. The molecule has 1 aliphatic carbocycles. The van der Waals surface area contributed by atoms with Gasteiger partial charge in [-0.1, -0.05) is 19.3 Å². The van der Waals surface area contributed by atoms with Crippen molar-refractivity contribution in [3.05, 3.63) is 29.7 Å². The standard InChI is InChI=1S/C18H22N2O4/c1-2-20(15-7-4-3-5-8-15)17(21)13-24-18(22)14(12-19)11-16-9-6-10-23-16/h6,9-11,15H,2-5,7-8,13H2,1H3/b14-11+. The van der Waals surface area contributed by atoms with Gasteiger partial charge >= 0.3 is 5.97 Å². The lowest BCUT2D eigenvalue weighted by Crippen LogP contribution is -2.43. The molecule has 0 spiro atoms. The molecule has 0 aliphatic heterocycles. The van der Waals surface area contributed by atoms with Gasteiger partial charge in [0.2, 0.25) is 0 Å². The fourth-order valence-corrected chi connectivity index (χ4v) is 2.97. The van der Waals surface area contributed by atoms with E-state index in [4.69, 9.17) is 14.4 Å². The predicted molar refractivity (Wildman–Crippen MR) is 87.5 cm³/mol. The third-order valence-electron chi connectivity index (χ3n) is 4.17. The van der Waals surface area contributed by atoms with Gasteiger partial charge in [-0.25, -0.2) is 4.79 Å². The van der Waals surface area contributed by atoms with E-state index in [0.717, 1.165) is 25.7 Å². The van der Waals surface area contributed by atoms with Crippen LogP contribution in [0.4, 0.5) is 0 Å². The molecule has 0 atom stereocenters. The van der Waals surface area contributed by atoms with Gasteiger partial charge in [0.05, 0.1) is 6.26 Å². The van der Waals surface area contributed by atoms with Crippen LogP contribution >= 0.6 is 0 Å². The van der Waals surface area contributed by atoms with Crippen LogP contribution in [0.25, 0.3) is 6.08 Å². The number of hydrogen-bond donors (Lipinski definition) is 0. The average Bonchev–Trinajstić information content (AvgIpc) is 3.12. The molecule has 6 heteroatoms. The van der Waals surface area contributed by atoms with E-state index in [1.807, 2.05) is 6.92 Å². The molecule has 1 aromatic heterocycles. The van der Waals surface area contributed by atoms with E-state index in [0.29, 0.717) is 12.3 Å². The highest BCUT2D eigenvalue weighted by Crippen LogP contribution is 2.22. The Morgan fingerprint density at radius 1 is 1.42 bits per heavy atom. The van der Waals surface area contributed by atoms with Crippen molar-refractivity contribution in [1.29, 1.82) is 5.26 Å². The number of amides is 1. The quantitative estimate of drug-likeness (QED) is 0.455. The van der Waals surface area contributed by atoms with Crippen LogP contribution < -0.4 is 0 Å². The maximum atomic E-state index is 12.3. The summed E-state index contributed by atoms with van der Waals surface area (Å²) in [6.07, 6.45) is 8.19. The summed E-state index contributed by atoms with van der Waals surface area (Å²) in [5, 5.41) is 9.06. The molecular formula is C18H22N2O4. The summed E-state index contributed by atoms with van der Waals surface area (Å²) in [5.41, 5.74) is -0.196. The lowest BCUT2D eigenvalue weighted by atomic mass is 9.94. The number of ether oxygens (including phenoxy) is 1. The second-order valence-electron chi connectivity index (χ2n) is 5.73. The highest BCUT2D eigenvalue weighted by Gasteiger charge is 2.25. The van der Waals surface area contributed by atoms with Crippen molar-refractivity contribution >= 4 is 18.0 Å². The number of carbonyl (C=O) groups is 2. The van der Waals surface area contributed by atoms with Crippen LogP contribution in [-0.4, -0.2) is 36.0 Å². The van der Waals surface area contributed by atoms with Crippen molar-refractivity contribution in [1.82, 2.24) is 4.90 Å². The summed E-state index contributed by atoms with van der Waals surface area (Å²) >= 11 is 0. The smallest absolute Gasteiger partial charge is 0.349 e. The topological polar surface area (TPSA) is 83.5 Å². The number of rotatable bonds is 6. The minimum atomic E-state index is -0.818. The fraction of sp³-hybridized carbons (Fsp3) is 0.500. The zero-order valence-corrected chi connectivity index (χ0v) is 13.9. The zero-order valence-electron chi connectivity index (χ0n) is 13.9. The SMILES string of the molecule is CCN(C(=O)COC(=O)/C(C#N)=C/c1ccco1)C1CCCCC1. The van der Waals surface area contributed by atoms with E-state index < -0.39 is 5.97 Å². The molecule has 6 nitrogen and oxygen atoms in total. The monoisotopic (exact) mass is 330 g/mol. The first-order chi connectivity index (χ1) is 11.7. The van der Waals surface area contributed by atoms with E-state index in [1.54, 1.807) is 23.1 Å². The molecule has 1 saturated carbocycles. The maximum Gasteiger partial charge on any atom is 0.349 e. The van der Waals surface area contributed by atoms with E-state index in [1.165, 1.54) is 18.8 Å². The molecule has 1 aliphatic rings. The van der Waals surface area contributed by atoms with Crippen LogP contribution in [0.1, 0.15) is 44.8 Å². The first-order valence-corrected chi connectivity index (χ1v) is 8.27. The number of hydrogen-bond acceptors (Lipinski definition) is 5. The van der Waals surface area contributed by atoms with E-state index in [9.17, 15) is 9.59 Å². The summed E-state index contributed by atoms with van der Waals surface area (Å²) < 4.78 is 10.1. The van der Waals surface area contributed by atoms with Crippen LogP contribution in [0.2, 0.25) is 0 Å². The molecule has 1 fully saturated rings. The molecule has 24 heavy (non-hydrogen) atoms. The number of furan rings is 1. The second kappa shape index (κ2) is 8.92. The van der Waals surface area contributed by atoms with E-state index >= 15 is 0 Å². The summed E-state index contributed by atoms with van der Waals surface area (Å²) in [6, 6.07) is 5.27. The van der Waals surface area contributed by atoms with Crippen LogP contribution in [0.15, 0.2) is 28.4 Å². The molecule has 0 aromatic carbocycles. The molecule has 0 radical (unpaired) electrons. The number of nitrogens with zero attached hydrogens (tertiary/aromatic N) is 2. The number of likely N-dealkylation sites (N-methyl/N-ethyl adjacent to an activating group) is 1. The predicted octanol–water partition coefficient (Wildman–Crippen LogP) is 2.91. The second-order valence-corrected chi connectivity index (χ2v) is 5.73. The van der Waals surface area contributed by atoms with Crippen LogP contribution in [0.3, 0.4) is 0 Å². The third kappa shape index (κ3) is 4.72. The lowest BCUT2D eigenvalue weighted by molar-refractivity contribution is -0.150. The number of nitriles is 1. The van der Waals surface area contributed by atoms with Gasteiger partial charge in [-0.05, 0) is 31.9 Å². The van der Waals surface area contributed by atoms with Gasteiger partial charge in [0.1, 0.15) is 17.4 Å². The molecule has 1 aromatic rings.